The third kappa shape index (κ3) is 4.86. The van der Waals surface area contributed by atoms with Gasteiger partial charge in [0.15, 0.2) is 0 Å². The molecule has 0 radical (unpaired) electrons. The average Bonchev–Trinajstić information content (AvgIpc) is 3.34. The Morgan fingerprint density at radius 3 is 2.33 bits per heavy atom. The van der Waals surface area contributed by atoms with Gasteiger partial charge in [0.05, 0.1) is 24.5 Å². The van der Waals surface area contributed by atoms with E-state index in [4.69, 9.17) is 14.5 Å². The van der Waals surface area contributed by atoms with Crippen molar-refractivity contribution in [2.24, 2.45) is 10.9 Å². The van der Waals surface area contributed by atoms with E-state index in [1.54, 1.807) is 51.3 Å². The molecule has 36 heavy (non-hydrogen) atoms. The molecule has 186 valence electrons. The zero-order valence-corrected chi connectivity index (χ0v) is 21.4. The summed E-state index contributed by atoms with van der Waals surface area (Å²) in [5.74, 6) is -2.82. The standard InChI is InChI=1S/C28H27FN2O4S/c1-5-34-27(32)23-16(3)30-17(4)24(28(33)35-6-2)25(23)18-11-7-8-12-19(18)26-31-22(15-36-26)20-13-9-10-14-21(20)29/h7-15,23,25H,5-6H2,1-4H3. The quantitative estimate of drug-likeness (QED) is 0.357. The van der Waals surface area contributed by atoms with Crippen molar-refractivity contribution in [1.29, 1.82) is 0 Å². The molecule has 8 heteroatoms. The second-order valence-electron chi connectivity index (χ2n) is 8.29. The van der Waals surface area contributed by atoms with Crippen LogP contribution in [0.25, 0.3) is 21.8 Å². The number of carbonyl (C=O) groups excluding carboxylic acids is 2. The smallest absolute Gasteiger partial charge is 0.336 e. The number of benzene rings is 2. The van der Waals surface area contributed by atoms with Gasteiger partial charge in [0.1, 0.15) is 16.7 Å². The van der Waals surface area contributed by atoms with Crippen molar-refractivity contribution in [2.75, 3.05) is 13.2 Å². The fraction of sp³-hybridized carbons (Fsp3) is 0.286. The van der Waals surface area contributed by atoms with Crippen LogP contribution in [0.3, 0.4) is 0 Å². The molecule has 0 saturated carbocycles. The molecule has 6 nitrogen and oxygen atoms in total. The highest BCUT2D eigenvalue weighted by Crippen LogP contribution is 2.44. The van der Waals surface area contributed by atoms with Gasteiger partial charge in [-0.05, 0) is 45.4 Å². The predicted molar refractivity (Wildman–Crippen MR) is 138 cm³/mol. The molecular formula is C28H27FN2O4S. The molecule has 4 rings (SSSR count). The highest BCUT2D eigenvalue weighted by atomic mass is 32.1. The molecule has 2 aromatic carbocycles. The first-order valence-corrected chi connectivity index (χ1v) is 12.6. The molecule has 0 bridgehead atoms. The number of rotatable bonds is 7. The molecule has 0 amide bonds. The zero-order chi connectivity index (χ0) is 25.8. The van der Waals surface area contributed by atoms with Crippen molar-refractivity contribution in [3.05, 3.63) is 76.6 Å². The minimum atomic E-state index is -0.805. The third-order valence-corrected chi connectivity index (χ3v) is 6.92. The summed E-state index contributed by atoms with van der Waals surface area (Å²) < 4.78 is 25.2. The van der Waals surface area contributed by atoms with Crippen molar-refractivity contribution in [3.63, 3.8) is 0 Å². The molecule has 2 atom stereocenters. The molecular weight excluding hydrogens is 479 g/mol. The lowest BCUT2D eigenvalue weighted by molar-refractivity contribution is -0.146. The number of aliphatic imine (C=N–C) groups is 1. The summed E-state index contributed by atoms with van der Waals surface area (Å²) in [4.78, 5) is 35.6. The first-order valence-electron chi connectivity index (χ1n) is 11.8. The fourth-order valence-electron chi connectivity index (χ4n) is 4.54. The van der Waals surface area contributed by atoms with Crippen LogP contribution in [0.4, 0.5) is 4.39 Å². The molecule has 2 unspecified atom stereocenters. The van der Waals surface area contributed by atoms with Gasteiger partial charge in [0.2, 0.25) is 0 Å². The number of allylic oxidation sites excluding steroid dienone is 1. The molecule has 3 aromatic rings. The number of halogens is 1. The number of aromatic nitrogens is 1. The number of ether oxygens (including phenoxy) is 2. The van der Waals surface area contributed by atoms with Gasteiger partial charge in [-0.25, -0.2) is 14.2 Å². The van der Waals surface area contributed by atoms with Crippen molar-refractivity contribution >= 4 is 29.0 Å². The largest absolute Gasteiger partial charge is 0.465 e. The van der Waals surface area contributed by atoms with Crippen LogP contribution >= 0.6 is 11.3 Å². The minimum Gasteiger partial charge on any atom is -0.465 e. The molecule has 1 aromatic heterocycles. The third-order valence-electron chi connectivity index (χ3n) is 6.04. The van der Waals surface area contributed by atoms with Crippen molar-refractivity contribution < 1.29 is 23.5 Å². The average molecular weight is 507 g/mol. The second kappa shape index (κ2) is 11.0. The first-order chi connectivity index (χ1) is 17.4. The summed E-state index contributed by atoms with van der Waals surface area (Å²) in [5, 5.41) is 2.45. The Bertz CT molecular complexity index is 1360. The normalized spacial score (nSPS) is 17.5. The van der Waals surface area contributed by atoms with E-state index in [9.17, 15) is 14.0 Å². The summed E-state index contributed by atoms with van der Waals surface area (Å²) in [6, 6.07) is 14.0. The second-order valence-corrected chi connectivity index (χ2v) is 9.14. The fourth-order valence-corrected chi connectivity index (χ4v) is 5.40. The summed E-state index contributed by atoms with van der Waals surface area (Å²) in [7, 11) is 0. The highest BCUT2D eigenvalue weighted by molar-refractivity contribution is 7.13. The van der Waals surface area contributed by atoms with Crippen LogP contribution in [0.15, 0.2) is 70.2 Å². The van der Waals surface area contributed by atoms with Gasteiger partial charge in [-0.15, -0.1) is 11.3 Å². The monoisotopic (exact) mass is 506 g/mol. The molecule has 0 spiro atoms. The lowest BCUT2D eigenvalue weighted by Crippen LogP contribution is -2.36. The Morgan fingerprint density at radius 1 is 0.972 bits per heavy atom. The topological polar surface area (TPSA) is 77.8 Å². The zero-order valence-electron chi connectivity index (χ0n) is 20.6. The summed E-state index contributed by atoms with van der Waals surface area (Å²) in [6.45, 7) is 7.37. The number of thiazole rings is 1. The maximum atomic E-state index is 14.4. The van der Waals surface area contributed by atoms with Crippen molar-refractivity contribution in [2.45, 2.75) is 33.6 Å². The van der Waals surface area contributed by atoms with Gasteiger partial charge in [0, 0.05) is 33.8 Å². The van der Waals surface area contributed by atoms with Crippen LogP contribution in [0.2, 0.25) is 0 Å². The number of hydrogen-bond donors (Lipinski definition) is 0. The Morgan fingerprint density at radius 2 is 1.64 bits per heavy atom. The molecule has 0 N–H and O–H groups in total. The van der Waals surface area contributed by atoms with E-state index < -0.39 is 23.8 Å². The molecule has 0 saturated heterocycles. The maximum absolute atomic E-state index is 14.4. The van der Waals surface area contributed by atoms with Gasteiger partial charge in [-0.1, -0.05) is 36.4 Å². The first kappa shape index (κ1) is 25.4. The van der Waals surface area contributed by atoms with Gasteiger partial charge in [0.25, 0.3) is 0 Å². The van der Waals surface area contributed by atoms with Crippen LogP contribution in [-0.2, 0) is 19.1 Å². The van der Waals surface area contributed by atoms with E-state index in [1.165, 1.54) is 17.4 Å². The molecule has 2 heterocycles. The van der Waals surface area contributed by atoms with E-state index >= 15 is 0 Å². The summed E-state index contributed by atoms with van der Waals surface area (Å²) in [6.07, 6.45) is 0. The Balaban J connectivity index is 1.88. The van der Waals surface area contributed by atoms with Crippen LogP contribution in [-0.4, -0.2) is 35.8 Å². The maximum Gasteiger partial charge on any atom is 0.336 e. The van der Waals surface area contributed by atoms with E-state index in [0.717, 1.165) is 11.1 Å². The van der Waals surface area contributed by atoms with E-state index in [0.29, 0.717) is 33.2 Å². The lowest BCUT2D eigenvalue weighted by atomic mass is 9.74. The molecule has 1 aliphatic heterocycles. The van der Waals surface area contributed by atoms with E-state index in [1.807, 2.05) is 24.3 Å². The van der Waals surface area contributed by atoms with Crippen molar-refractivity contribution in [1.82, 2.24) is 4.98 Å². The minimum absolute atomic E-state index is 0.190. The summed E-state index contributed by atoms with van der Waals surface area (Å²) in [5.41, 5.74) is 3.77. The SMILES string of the molecule is CCOC(=O)C1=C(C)N=C(C)C(C(=O)OCC)C1c1ccccc1-c1nc(-c2ccccc2F)cs1. The number of carbonyl (C=O) groups is 2. The van der Waals surface area contributed by atoms with Crippen molar-refractivity contribution in [3.8, 4) is 21.8 Å². The van der Waals surface area contributed by atoms with Crippen LogP contribution in [0, 0.1) is 11.7 Å². The molecule has 0 fully saturated rings. The summed E-state index contributed by atoms with van der Waals surface area (Å²) >= 11 is 1.37. The molecule has 0 aliphatic carbocycles. The lowest BCUT2D eigenvalue weighted by Gasteiger charge is -2.32. The van der Waals surface area contributed by atoms with Gasteiger partial charge < -0.3 is 9.47 Å². The highest BCUT2D eigenvalue weighted by Gasteiger charge is 2.43. The van der Waals surface area contributed by atoms with E-state index in [2.05, 4.69) is 4.99 Å². The van der Waals surface area contributed by atoms with Gasteiger partial charge >= 0.3 is 11.9 Å². The number of hydrogen-bond acceptors (Lipinski definition) is 7. The van der Waals surface area contributed by atoms with Crippen LogP contribution < -0.4 is 0 Å². The Hall–Kier alpha value is -3.65. The predicted octanol–water partition coefficient (Wildman–Crippen LogP) is 6.19. The van der Waals surface area contributed by atoms with Crippen LogP contribution in [0.1, 0.15) is 39.2 Å². The molecule has 1 aliphatic rings. The Kier molecular flexibility index (Phi) is 7.74. The van der Waals surface area contributed by atoms with Gasteiger partial charge in [-0.2, -0.15) is 0 Å². The van der Waals surface area contributed by atoms with Crippen LogP contribution in [0.5, 0.6) is 0 Å². The Labute approximate surface area is 213 Å². The van der Waals surface area contributed by atoms with E-state index in [-0.39, 0.29) is 19.0 Å². The number of esters is 2. The number of nitrogens with zero attached hydrogens (tertiary/aromatic N) is 2. The van der Waals surface area contributed by atoms with Gasteiger partial charge in [-0.3, -0.25) is 9.79 Å².